The fourth-order valence-electron chi connectivity index (χ4n) is 1.23. The van der Waals surface area contributed by atoms with Crippen molar-refractivity contribution in [3.8, 4) is 0 Å². The molecule has 0 unspecified atom stereocenters. The van der Waals surface area contributed by atoms with Crippen LogP contribution < -0.4 is 0 Å². The van der Waals surface area contributed by atoms with Crippen LogP contribution in [0.5, 0.6) is 0 Å². The second kappa shape index (κ2) is 3.91. The van der Waals surface area contributed by atoms with Crippen molar-refractivity contribution in [2.75, 3.05) is 0 Å². The van der Waals surface area contributed by atoms with Gasteiger partial charge in [0.15, 0.2) is 5.15 Å². The average molecular weight is 454 g/mol. The molecule has 0 saturated heterocycles. The Hall–Kier alpha value is 0.660. The molecule has 0 saturated carbocycles. The average Bonchev–Trinajstić information content (AvgIpc) is 2.38. The summed E-state index contributed by atoms with van der Waals surface area (Å²) in [4.78, 5) is 4.13. The Kier molecular flexibility index (Phi) is 3.12. The number of rotatable bonds is 0. The van der Waals surface area contributed by atoms with E-state index in [0.717, 1.165) is 16.6 Å². The summed E-state index contributed by atoms with van der Waals surface area (Å²) >= 11 is 16.3. The third-order valence-electron chi connectivity index (χ3n) is 1.81. The van der Waals surface area contributed by atoms with Crippen LogP contribution >= 0.6 is 68.7 Å². The maximum atomic E-state index is 6.13. The van der Waals surface area contributed by atoms with Crippen LogP contribution in [0.1, 0.15) is 5.69 Å². The topological polar surface area (TPSA) is 30.7 Å². The largest absolute Gasteiger partial charge is 0.226 e. The molecule has 0 atom stereocenters. The van der Waals surface area contributed by atoms with E-state index in [1.807, 2.05) is 6.92 Å². The van der Waals surface area contributed by atoms with Crippen molar-refractivity contribution >= 4 is 79.6 Å². The molecule has 14 heavy (non-hydrogen) atoms. The van der Waals surface area contributed by atoms with Crippen molar-refractivity contribution in [1.82, 2.24) is 13.0 Å². The van der Waals surface area contributed by atoms with Crippen LogP contribution in [0, 0.1) is 10.6 Å². The molecule has 0 fully saturated rings. The van der Waals surface area contributed by atoms with E-state index in [1.54, 1.807) is 2.90 Å². The van der Waals surface area contributed by atoms with Gasteiger partial charge in [-0.25, -0.2) is 7.88 Å². The van der Waals surface area contributed by atoms with E-state index in [2.05, 4.69) is 55.5 Å². The van der Waals surface area contributed by atoms with Crippen molar-refractivity contribution in [3.63, 3.8) is 0 Å². The first kappa shape index (κ1) is 11.2. The van der Waals surface area contributed by atoms with Crippen LogP contribution in [-0.2, 0) is 0 Å². The number of pyridine rings is 1. The third-order valence-corrected chi connectivity index (χ3v) is 4.24. The normalized spacial score (nSPS) is 11.2. The van der Waals surface area contributed by atoms with Crippen molar-refractivity contribution in [1.29, 1.82) is 0 Å². The molecule has 2 aromatic heterocycles. The van der Waals surface area contributed by atoms with Gasteiger partial charge in [0.25, 0.3) is 0 Å². The lowest BCUT2D eigenvalue weighted by Crippen LogP contribution is -1.88. The Bertz CT molecular complexity index is 523. The quantitative estimate of drug-likeness (QED) is 0.448. The molecule has 2 aromatic rings. The lowest BCUT2D eigenvalue weighted by molar-refractivity contribution is 1.04. The summed E-state index contributed by atoms with van der Waals surface area (Å²) in [5.74, 6) is 0. The van der Waals surface area contributed by atoms with Crippen LogP contribution in [-0.4, -0.2) is 13.0 Å². The summed E-state index contributed by atoms with van der Waals surface area (Å²) in [5.41, 5.74) is 1.64. The molecule has 0 spiro atoms. The predicted molar refractivity (Wildman–Crippen MR) is 74.4 cm³/mol. The Balaban J connectivity index is 3.05. The highest BCUT2D eigenvalue weighted by Crippen LogP contribution is 2.34. The van der Waals surface area contributed by atoms with Gasteiger partial charge in [0.2, 0.25) is 0 Å². The van der Waals surface area contributed by atoms with Crippen LogP contribution in [0.4, 0.5) is 0 Å². The number of hydrogen-bond donors (Lipinski definition) is 0. The van der Waals surface area contributed by atoms with Gasteiger partial charge in [-0.1, -0.05) is 23.2 Å². The van der Waals surface area contributed by atoms with Crippen LogP contribution in [0.3, 0.4) is 0 Å². The van der Waals surface area contributed by atoms with E-state index in [-0.39, 0.29) is 0 Å². The zero-order valence-corrected chi connectivity index (χ0v) is 12.7. The van der Waals surface area contributed by atoms with Gasteiger partial charge in [-0.2, -0.15) is 5.10 Å². The van der Waals surface area contributed by atoms with Crippen molar-refractivity contribution < 1.29 is 0 Å². The van der Waals surface area contributed by atoms with E-state index in [0.29, 0.717) is 13.9 Å². The highest BCUT2D eigenvalue weighted by atomic mass is 127. The highest BCUT2D eigenvalue weighted by Gasteiger charge is 2.16. The number of aromatic nitrogens is 3. The smallest absolute Gasteiger partial charge is 0.157 e. The first-order chi connectivity index (χ1) is 6.52. The number of nitrogens with zero attached hydrogens (tertiary/aromatic N) is 3. The summed E-state index contributed by atoms with van der Waals surface area (Å²) in [5, 5.41) is 6.17. The Morgan fingerprint density at radius 2 is 2.00 bits per heavy atom. The van der Waals surface area contributed by atoms with Gasteiger partial charge in [-0.15, -0.1) is 0 Å². The number of aryl methyl sites for hydroxylation is 1. The van der Waals surface area contributed by atoms with Gasteiger partial charge >= 0.3 is 0 Å². The summed E-state index contributed by atoms with van der Waals surface area (Å²) in [7, 11) is 0. The Morgan fingerprint density at radius 3 is 2.64 bits per heavy atom. The summed E-state index contributed by atoms with van der Waals surface area (Å²) in [6, 6.07) is 0. The summed E-state index contributed by atoms with van der Waals surface area (Å²) in [6.45, 7) is 1.90. The molecule has 2 heterocycles. The van der Waals surface area contributed by atoms with Gasteiger partial charge in [-0.05, 0) is 29.5 Å². The van der Waals surface area contributed by atoms with E-state index >= 15 is 0 Å². The minimum absolute atomic E-state index is 0.434. The fourth-order valence-corrected chi connectivity index (χ4v) is 3.35. The first-order valence-electron chi connectivity index (χ1n) is 3.58. The second-order valence-electron chi connectivity index (χ2n) is 2.68. The zero-order chi connectivity index (χ0) is 10.5. The van der Waals surface area contributed by atoms with Crippen LogP contribution in [0.2, 0.25) is 10.2 Å². The summed E-state index contributed by atoms with van der Waals surface area (Å²) in [6.07, 6.45) is 0. The molecule has 3 nitrogen and oxygen atoms in total. The van der Waals surface area contributed by atoms with E-state index in [9.17, 15) is 0 Å². The molecule has 0 N–H and O–H groups in total. The lowest BCUT2D eigenvalue weighted by Gasteiger charge is -2.00. The minimum Gasteiger partial charge on any atom is -0.226 e. The molecule has 0 aliphatic carbocycles. The maximum Gasteiger partial charge on any atom is 0.157 e. The number of halogens is 4. The monoisotopic (exact) mass is 453 g/mol. The summed E-state index contributed by atoms with van der Waals surface area (Å²) < 4.78 is 2.37. The van der Waals surface area contributed by atoms with Crippen LogP contribution in [0.15, 0.2) is 0 Å². The number of fused-ring (bicyclic) bond motifs is 1. The number of hydrogen-bond acceptors (Lipinski definition) is 2. The molecular weight excluding hydrogens is 451 g/mol. The van der Waals surface area contributed by atoms with Gasteiger partial charge < -0.3 is 0 Å². The second-order valence-corrected chi connectivity index (χ2v) is 5.35. The molecule has 0 aliphatic rings. The highest BCUT2D eigenvalue weighted by molar-refractivity contribution is 14.1. The standard InChI is InChI=1S/C7H3Cl2I2N3/c1-2-3-4(8)7(10)12-6(9)5(3)14(11)13-2/h1H3. The van der Waals surface area contributed by atoms with E-state index in [4.69, 9.17) is 23.2 Å². The molecule has 0 radical (unpaired) electrons. The lowest BCUT2D eigenvalue weighted by atomic mass is 10.3. The Labute approximate surface area is 118 Å². The Morgan fingerprint density at radius 1 is 1.36 bits per heavy atom. The van der Waals surface area contributed by atoms with E-state index in [1.165, 1.54) is 0 Å². The molecule has 0 aliphatic heterocycles. The van der Waals surface area contributed by atoms with Gasteiger partial charge in [-0.3, -0.25) is 0 Å². The molecule has 0 amide bonds. The maximum absolute atomic E-state index is 6.13. The van der Waals surface area contributed by atoms with Crippen molar-refractivity contribution in [3.05, 3.63) is 19.6 Å². The minimum atomic E-state index is 0.434. The molecule has 0 bridgehead atoms. The van der Waals surface area contributed by atoms with E-state index < -0.39 is 0 Å². The van der Waals surface area contributed by atoms with Crippen molar-refractivity contribution in [2.45, 2.75) is 6.92 Å². The van der Waals surface area contributed by atoms with Gasteiger partial charge in [0.1, 0.15) is 9.22 Å². The van der Waals surface area contributed by atoms with Crippen LogP contribution in [0.25, 0.3) is 10.9 Å². The predicted octanol–water partition coefficient (Wildman–Crippen LogP) is 3.85. The molecule has 2 rings (SSSR count). The fraction of sp³-hybridized carbons (Fsp3) is 0.143. The first-order valence-corrected chi connectivity index (χ1v) is 6.38. The zero-order valence-electron chi connectivity index (χ0n) is 6.85. The SMILES string of the molecule is Cc1nn(I)c2c(Cl)nc(I)c(Cl)c12. The molecule has 74 valence electrons. The van der Waals surface area contributed by atoms with Gasteiger partial charge in [0.05, 0.1) is 33.6 Å². The molecular formula is C7H3Cl2I2N3. The molecule has 0 aromatic carbocycles. The van der Waals surface area contributed by atoms with Gasteiger partial charge in [0, 0.05) is 5.39 Å². The van der Waals surface area contributed by atoms with Crippen molar-refractivity contribution in [2.24, 2.45) is 0 Å². The molecule has 7 heteroatoms. The third kappa shape index (κ3) is 1.61.